The van der Waals surface area contributed by atoms with Crippen molar-refractivity contribution in [3.8, 4) is 17.0 Å². The van der Waals surface area contributed by atoms with E-state index in [0.717, 1.165) is 23.1 Å². The first-order valence-electron chi connectivity index (χ1n) is 14.1. The van der Waals surface area contributed by atoms with Gasteiger partial charge in [-0.25, -0.2) is 14.8 Å². The maximum absolute atomic E-state index is 13.2. The number of benzene rings is 1. The second-order valence-corrected chi connectivity index (χ2v) is 13.7. The molecule has 0 bridgehead atoms. The highest BCUT2D eigenvalue weighted by molar-refractivity contribution is 7.92. The van der Waals surface area contributed by atoms with E-state index >= 15 is 0 Å². The lowest BCUT2D eigenvalue weighted by Crippen LogP contribution is -2.49. The molecule has 10 heteroatoms. The van der Waals surface area contributed by atoms with E-state index < -0.39 is 21.0 Å². The van der Waals surface area contributed by atoms with E-state index in [-0.39, 0.29) is 17.6 Å². The van der Waals surface area contributed by atoms with Gasteiger partial charge in [-0.1, -0.05) is 38.1 Å². The van der Waals surface area contributed by atoms with Gasteiger partial charge in [-0.3, -0.25) is 4.72 Å². The molecule has 41 heavy (non-hydrogen) atoms. The Kier molecular flexibility index (Phi) is 8.07. The molecule has 218 valence electrons. The van der Waals surface area contributed by atoms with Crippen LogP contribution in [0.25, 0.3) is 11.3 Å². The number of anilines is 1. The topological polar surface area (TPSA) is 131 Å². The summed E-state index contributed by atoms with van der Waals surface area (Å²) >= 11 is 0. The van der Waals surface area contributed by atoms with Gasteiger partial charge in [-0.15, -0.1) is 0 Å². The van der Waals surface area contributed by atoms with Crippen molar-refractivity contribution >= 4 is 21.8 Å². The molecule has 0 aliphatic heterocycles. The first-order chi connectivity index (χ1) is 19.4. The Balaban J connectivity index is 1.42. The van der Waals surface area contributed by atoms with Crippen LogP contribution < -0.4 is 14.8 Å². The molecular formula is C31H38N4O5S. The van der Waals surface area contributed by atoms with Crippen molar-refractivity contribution in [2.24, 2.45) is 11.3 Å². The SMILES string of the molecule is Cc1cccc(C)c1-c1cc(OCC(CC(C)C)NC2CC3(CC3)C2)cc(NS(=O)(=O)c2cccc(C(=O)O)n2)n1. The number of carboxylic acid groups (broad SMARTS) is 1. The predicted molar refractivity (Wildman–Crippen MR) is 158 cm³/mol. The largest absolute Gasteiger partial charge is 0.492 e. The van der Waals surface area contributed by atoms with Crippen LogP contribution in [0.4, 0.5) is 5.82 Å². The zero-order valence-corrected chi connectivity index (χ0v) is 24.8. The van der Waals surface area contributed by atoms with Gasteiger partial charge < -0.3 is 15.2 Å². The zero-order chi connectivity index (χ0) is 29.4. The molecule has 2 fully saturated rings. The fourth-order valence-corrected chi connectivity index (χ4v) is 6.79. The van der Waals surface area contributed by atoms with Crippen LogP contribution in [0.2, 0.25) is 0 Å². The summed E-state index contributed by atoms with van der Waals surface area (Å²) in [5.41, 5.74) is 3.71. The van der Waals surface area contributed by atoms with Gasteiger partial charge in [0.1, 0.15) is 23.9 Å². The molecule has 2 heterocycles. The highest BCUT2D eigenvalue weighted by atomic mass is 32.2. The van der Waals surface area contributed by atoms with Gasteiger partial charge in [-0.2, -0.15) is 8.42 Å². The summed E-state index contributed by atoms with van der Waals surface area (Å²) in [4.78, 5) is 19.8. The van der Waals surface area contributed by atoms with E-state index in [0.29, 0.717) is 35.4 Å². The molecule has 2 aromatic heterocycles. The van der Waals surface area contributed by atoms with Crippen LogP contribution >= 0.6 is 0 Å². The minimum absolute atomic E-state index is 0.0609. The van der Waals surface area contributed by atoms with Crippen LogP contribution in [0.1, 0.15) is 67.6 Å². The number of pyridine rings is 2. The van der Waals surface area contributed by atoms with Crippen molar-refractivity contribution in [3.63, 3.8) is 0 Å². The maximum Gasteiger partial charge on any atom is 0.354 e. The number of carboxylic acids is 1. The summed E-state index contributed by atoms with van der Waals surface area (Å²) in [5, 5.41) is 12.7. The highest BCUT2D eigenvalue weighted by Gasteiger charge is 2.53. The van der Waals surface area contributed by atoms with Crippen LogP contribution in [0, 0.1) is 25.2 Å². The molecule has 2 aliphatic rings. The lowest BCUT2D eigenvalue weighted by molar-refractivity contribution is 0.0689. The third-order valence-electron chi connectivity index (χ3n) is 7.99. The van der Waals surface area contributed by atoms with Crippen LogP contribution in [0.15, 0.2) is 53.6 Å². The van der Waals surface area contributed by atoms with Gasteiger partial charge in [0, 0.05) is 29.8 Å². The van der Waals surface area contributed by atoms with Crippen LogP contribution in [0.5, 0.6) is 5.75 Å². The van der Waals surface area contributed by atoms with Crippen LogP contribution in [0.3, 0.4) is 0 Å². The Morgan fingerprint density at radius 1 is 1.07 bits per heavy atom. The van der Waals surface area contributed by atoms with Gasteiger partial charge >= 0.3 is 5.97 Å². The second kappa shape index (κ2) is 11.4. The number of aromatic carboxylic acids is 1. The lowest BCUT2D eigenvalue weighted by Gasteiger charge is -2.39. The number of nitrogens with zero attached hydrogens (tertiary/aromatic N) is 2. The minimum Gasteiger partial charge on any atom is -0.492 e. The maximum atomic E-state index is 13.2. The van der Waals surface area contributed by atoms with E-state index in [2.05, 4.69) is 33.9 Å². The molecule has 2 saturated carbocycles. The molecule has 1 spiro atoms. The van der Waals surface area contributed by atoms with E-state index in [1.165, 1.54) is 43.9 Å². The van der Waals surface area contributed by atoms with Crippen LogP contribution in [-0.4, -0.2) is 48.2 Å². The quantitative estimate of drug-likeness (QED) is 0.254. The first kappa shape index (κ1) is 29.0. The predicted octanol–water partition coefficient (Wildman–Crippen LogP) is 5.59. The fourth-order valence-electron chi connectivity index (χ4n) is 5.83. The third-order valence-corrected chi connectivity index (χ3v) is 9.24. The van der Waals surface area contributed by atoms with E-state index in [9.17, 15) is 18.3 Å². The number of ether oxygens (including phenoxy) is 1. The Labute approximate surface area is 241 Å². The third kappa shape index (κ3) is 6.87. The summed E-state index contributed by atoms with van der Waals surface area (Å²) in [6.07, 6.45) is 6.13. The van der Waals surface area contributed by atoms with Gasteiger partial charge in [0.2, 0.25) is 0 Å². The number of hydrogen-bond donors (Lipinski definition) is 3. The molecule has 0 saturated heterocycles. The number of aryl methyl sites for hydroxylation is 2. The lowest BCUT2D eigenvalue weighted by atomic mass is 9.76. The Bertz CT molecular complexity index is 1520. The number of hydrogen-bond acceptors (Lipinski definition) is 7. The Morgan fingerprint density at radius 2 is 1.76 bits per heavy atom. The van der Waals surface area contributed by atoms with Crippen molar-refractivity contribution < 1.29 is 23.1 Å². The molecule has 1 atom stereocenters. The molecule has 2 aliphatic carbocycles. The van der Waals surface area contributed by atoms with Crippen LogP contribution in [-0.2, 0) is 10.0 Å². The molecule has 0 radical (unpaired) electrons. The van der Waals surface area contributed by atoms with E-state index in [4.69, 9.17) is 4.74 Å². The van der Waals surface area contributed by atoms with Crippen molar-refractivity contribution in [2.45, 2.75) is 76.9 Å². The monoisotopic (exact) mass is 578 g/mol. The van der Waals surface area contributed by atoms with Crippen molar-refractivity contribution in [3.05, 3.63) is 65.4 Å². The number of nitrogens with one attached hydrogen (secondary N) is 2. The van der Waals surface area contributed by atoms with Gasteiger partial charge in [-0.05, 0) is 80.5 Å². The smallest absolute Gasteiger partial charge is 0.354 e. The molecular weight excluding hydrogens is 540 g/mol. The highest BCUT2D eigenvalue weighted by Crippen LogP contribution is 2.60. The van der Waals surface area contributed by atoms with Gasteiger partial charge in [0.05, 0.1) is 5.69 Å². The van der Waals surface area contributed by atoms with Crippen molar-refractivity contribution in [1.82, 2.24) is 15.3 Å². The molecule has 1 aromatic carbocycles. The molecule has 1 unspecified atom stereocenters. The normalized spacial score (nSPS) is 16.8. The molecule has 5 rings (SSSR count). The van der Waals surface area contributed by atoms with Crippen molar-refractivity contribution in [2.75, 3.05) is 11.3 Å². The van der Waals surface area contributed by atoms with Gasteiger partial charge in [0.25, 0.3) is 10.0 Å². The molecule has 3 N–H and O–H groups in total. The number of sulfonamides is 1. The summed E-state index contributed by atoms with van der Waals surface area (Å²) in [7, 11) is -4.22. The molecule has 3 aromatic rings. The summed E-state index contributed by atoms with van der Waals surface area (Å²) < 4.78 is 35.3. The summed E-state index contributed by atoms with van der Waals surface area (Å²) in [6, 6.07) is 13.8. The summed E-state index contributed by atoms with van der Waals surface area (Å²) in [5.74, 6) is -0.270. The number of aromatic nitrogens is 2. The fraction of sp³-hybridized carbons (Fsp3) is 0.452. The first-order valence-corrected chi connectivity index (χ1v) is 15.6. The van der Waals surface area contributed by atoms with E-state index in [1.54, 1.807) is 6.07 Å². The minimum atomic E-state index is -4.22. The average Bonchev–Trinajstić information content (AvgIpc) is 3.67. The van der Waals surface area contributed by atoms with E-state index in [1.807, 2.05) is 38.1 Å². The van der Waals surface area contributed by atoms with Crippen molar-refractivity contribution in [1.29, 1.82) is 0 Å². The Hall–Kier alpha value is -3.50. The van der Waals surface area contributed by atoms with Gasteiger partial charge in [0.15, 0.2) is 5.03 Å². The second-order valence-electron chi connectivity index (χ2n) is 12.0. The Morgan fingerprint density at radius 3 is 2.39 bits per heavy atom. The zero-order valence-electron chi connectivity index (χ0n) is 24.0. The number of rotatable bonds is 12. The number of carbonyl (C=O) groups is 1. The molecule has 0 amide bonds. The molecule has 9 nitrogen and oxygen atoms in total. The summed E-state index contributed by atoms with van der Waals surface area (Å²) in [6.45, 7) is 8.80. The average molecular weight is 579 g/mol. The standard InChI is InChI=1S/C31H38N4O5S/c1-19(2)13-22(32-23-16-31(17-23)11-12-31)18-40-24-14-26(29-20(3)7-5-8-21(29)4)33-27(15-24)35-41(38,39)28-10-6-9-25(34-28)30(36)37/h5-10,14-15,19,22-23,32H,11-13,16-18H2,1-4H3,(H,33,35)(H,36,37).